The highest BCUT2D eigenvalue weighted by Crippen LogP contribution is 2.29. The first-order valence-electron chi connectivity index (χ1n) is 6.98. The smallest absolute Gasteiger partial charge is 0.245 e. The molecular weight excluding hydrogens is 274 g/mol. The molecule has 0 bridgehead atoms. The summed E-state index contributed by atoms with van der Waals surface area (Å²) in [5, 5.41) is -0.997. The van der Waals surface area contributed by atoms with Gasteiger partial charge in [0.1, 0.15) is 5.25 Å². The Morgan fingerprint density at radius 1 is 1.20 bits per heavy atom. The number of anilines is 1. The standard InChI is InChI=1S/C15H21NO3S/c1-12(20(2,18)19)15(17)16(14-10-6-7-11-14)13-8-4-3-5-9-13/h3-5,8-9,12,14H,6-7,10-11H2,1-2H3/t12-/m0/s1. The topological polar surface area (TPSA) is 54.5 Å². The summed E-state index contributed by atoms with van der Waals surface area (Å²) in [7, 11) is -3.38. The predicted molar refractivity (Wildman–Crippen MR) is 80.5 cm³/mol. The van der Waals surface area contributed by atoms with Crippen LogP contribution in [0.15, 0.2) is 30.3 Å². The van der Waals surface area contributed by atoms with E-state index in [1.807, 2.05) is 30.3 Å². The van der Waals surface area contributed by atoms with Crippen LogP contribution in [-0.4, -0.2) is 31.9 Å². The molecule has 1 saturated carbocycles. The van der Waals surface area contributed by atoms with E-state index in [4.69, 9.17) is 0 Å². The maximum Gasteiger partial charge on any atom is 0.245 e. The molecule has 0 N–H and O–H groups in total. The van der Waals surface area contributed by atoms with Gasteiger partial charge < -0.3 is 4.90 Å². The molecule has 5 heteroatoms. The minimum absolute atomic E-state index is 0.120. The van der Waals surface area contributed by atoms with E-state index in [-0.39, 0.29) is 11.9 Å². The van der Waals surface area contributed by atoms with Crippen LogP contribution in [0.5, 0.6) is 0 Å². The van der Waals surface area contributed by atoms with Gasteiger partial charge in [-0.1, -0.05) is 31.0 Å². The SMILES string of the molecule is C[C@@H](C(=O)N(c1ccccc1)C1CCCC1)S(C)(=O)=O. The maximum atomic E-state index is 12.6. The van der Waals surface area contributed by atoms with Crippen molar-refractivity contribution in [3.8, 4) is 0 Å². The summed E-state index contributed by atoms with van der Waals surface area (Å²) in [5.41, 5.74) is 0.792. The zero-order valence-corrected chi connectivity index (χ0v) is 12.8. The van der Waals surface area contributed by atoms with E-state index in [1.165, 1.54) is 6.92 Å². The lowest BCUT2D eigenvalue weighted by Gasteiger charge is -2.31. The lowest BCUT2D eigenvalue weighted by atomic mass is 10.1. The number of sulfone groups is 1. The molecule has 0 aromatic heterocycles. The van der Waals surface area contributed by atoms with Crippen molar-refractivity contribution >= 4 is 21.4 Å². The summed E-state index contributed by atoms with van der Waals surface area (Å²) in [6, 6.07) is 9.48. The van der Waals surface area contributed by atoms with Crippen LogP contribution < -0.4 is 4.90 Å². The second kappa shape index (κ2) is 5.95. The third-order valence-corrected chi connectivity index (χ3v) is 5.44. The van der Waals surface area contributed by atoms with Crippen LogP contribution in [0.4, 0.5) is 5.69 Å². The molecule has 1 aliphatic carbocycles. The van der Waals surface area contributed by atoms with E-state index in [0.29, 0.717) is 0 Å². The molecule has 1 fully saturated rings. The van der Waals surface area contributed by atoms with Gasteiger partial charge in [0, 0.05) is 18.0 Å². The number of para-hydroxylation sites is 1. The van der Waals surface area contributed by atoms with Gasteiger partial charge >= 0.3 is 0 Å². The molecule has 0 saturated heterocycles. The summed E-state index contributed by atoms with van der Waals surface area (Å²) < 4.78 is 23.4. The third-order valence-electron chi connectivity index (χ3n) is 3.95. The zero-order valence-electron chi connectivity index (χ0n) is 12.0. The molecule has 0 aliphatic heterocycles. The summed E-state index contributed by atoms with van der Waals surface area (Å²) in [4.78, 5) is 14.3. The fourth-order valence-electron chi connectivity index (χ4n) is 2.65. The van der Waals surface area contributed by atoms with Crippen LogP contribution in [0.25, 0.3) is 0 Å². The van der Waals surface area contributed by atoms with Gasteiger partial charge in [-0.25, -0.2) is 8.42 Å². The van der Waals surface area contributed by atoms with Gasteiger partial charge in [0.25, 0.3) is 0 Å². The molecule has 1 amide bonds. The summed E-state index contributed by atoms with van der Waals surface area (Å²) in [6.07, 6.45) is 5.19. The molecule has 110 valence electrons. The van der Waals surface area contributed by atoms with Gasteiger partial charge in [-0.05, 0) is 31.9 Å². The van der Waals surface area contributed by atoms with E-state index < -0.39 is 15.1 Å². The Labute approximate surface area is 120 Å². The van der Waals surface area contributed by atoms with E-state index >= 15 is 0 Å². The fraction of sp³-hybridized carbons (Fsp3) is 0.533. The van der Waals surface area contributed by atoms with Gasteiger partial charge in [-0.3, -0.25) is 4.79 Å². The fourth-order valence-corrected chi connectivity index (χ4v) is 3.13. The Balaban J connectivity index is 2.34. The van der Waals surface area contributed by atoms with E-state index in [2.05, 4.69) is 0 Å². The van der Waals surface area contributed by atoms with Crippen molar-refractivity contribution < 1.29 is 13.2 Å². The number of amides is 1. The molecule has 0 radical (unpaired) electrons. The van der Waals surface area contributed by atoms with Gasteiger partial charge in [0.15, 0.2) is 9.84 Å². The second-order valence-corrected chi connectivity index (χ2v) is 7.82. The van der Waals surface area contributed by atoms with Crippen molar-refractivity contribution in [3.63, 3.8) is 0 Å². The molecule has 1 atom stereocenters. The number of nitrogens with zero attached hydrogens (tertiary/aromatic N) is 1. The molecule has 0 heterocycles. The van der Waals surface area contributed by atoms with Gasteiger partial charge in [-0.15, -0.1) is 0 Å². The molecule has 1 aliphatic rings. The first-order chi connectivity index (χ1) is 9.41. The van der Waals surface area contributed by atoms with Crippen molar-refractivity contribution in [1.82, 2.24) is 0 Å². The van der Waals surface area contributed by atoms with Crippen LogP contribution in [0.2, 0.25) is 0 Å². The second-order valence-electron chi connectivity index (χ2n) is 5.45. The first kappa shape index (κ1) is 15.0. The van der Waals surface area contributed by atoms with E-state index in [9.17, 15) is 13.2 Å². The average molecular weight is 295 g/mol. The van der Waals surface area contributed by atoms with Crippen LogP contribution in [0, 0.1) is 0 Å². The summed E-state index contributed by atoms with van der Waals surface area (Å²) >= 11 is 0. The number of benzene rings is 1. The molecule has 0 spiro atoms. The van der Waals surface area contributed by atoms with Crippen molar-refractivity contribution in [2.24, 2.45) is 0 Å². The number of carbonyl (C=O) groups excluding carboxylic acids is 1. The summed E-state index contributed by atoms with van der Waals surface area (Å²) in [5.74, 6) is -0.314. The Morgan fingerprint density at radius 2 is 1.75 bits per heavy atom. The number of rotatable bonds is 4. The zero-order chi connectivity index (χ0) is 14.8. The largest absolute Gasteiger partial charge is 0.308 e. The minimum Gasteiger partial charge on any atom is -0.308 e. The normalized spacial score (nSPS) is 17.9. The quantitative estimate of drug-likeness (QED) is 0.857. The minimum atomic E-state index is -3.38. The molecule has 0 unspecified atom stereocenters. The number of hydrogen-bond donors (Lipinski definition) is 0. The molecule has 1 aromatic carbocycles. The lowest BCUT2D eigenvalue weighted by Crippen LogP contribution is -2.46. The van der Waals surface area contributed by atoms with Crippen molar-refractivity contribution in [2.75, 3.05) is 11.2 Å². The molecule has 1 aromatic rings. The van der Waals surface area contributed by atoms with Crippen molar-refractivity contribution in [1.29, 1.82) is 0 Å². The number of hydrogen-bond acceptors (Lipinski definition) is 3. The van der Waals surface area contributed by atoms with Crippen molar-refractivity contribution in [3.05, 3.63) is 30.3 Å². The van der Waals surface area contributed by atoms with Crippen LogP contribution in [0.1, 0.15) is 32.6 Å². The van der Waals surface area contributed by atoms with E-state index in [1.54, 1.807) is 4.90 Å². The first-order valence-corrected chi connectivity index (χ1v) is 8.93. The third kappa shape index (κ3) is 3.20. The molecule has 2 rings (SSSR count). The monoisotopic (exact) mass is 295 g/mol. The highest BCUT2D eigenvalue weighted by Gasteiger charge is 2.34. The van der Waals surface area contributed by atoms with E-state index in [0.717, 1.165) is 37.6 Å². The van der Waals surface area contributed by atoms with Crippen LogP contribution >= 0.6 is 0 Å². The van der Waals surface area contributed by atoms with Crippen LogP contribution in [-0.2, 0) is 14.6 Å². The molecule has 4 nitrogen and oxygen atoms in total. The van der Waals surface area contributed by atoms with Crippen molar-refractivity contribution in [2.45, 2.75) is 43.9 Å². The maximum absolute atomic E-state index is 12.6. The van der Waals surface area contributed by atoms with Gasteiger partial charge in [0.2, 0.25) is 5.91 Å². The lowest BCUT2D eigenvalue weighted by molar-refractivity contribution is -0.118. The summed E-state index contributed by atoms with van der Waals surface area (Å²) in [6.45, 7) is 1.47. The highest BCUT2D eigenvalue weighted by molar-refractivity contribution is 7.92. The Morgan fingerprint density at radius 3 is 2.25 bits per heavy atom. The van der Waals surface area contributed by atoms with Crippen LogP contribution in [0.3, 0.4) is 0 Å². The Bertz CT molecular complexity index is 562. The highest BCUT2D eigenvalue weighted by atomic mass is 32.2. The molecular formula is C15H21NO3S. The Kier molecular flexibility index (Phi) is 4.48. The predicted octanol–water partition coefficient (Wildman–Crippen LogP) is 2.40. The van der Waals surface area contributed by atoms with Gasteiger partial charge in [0.05, 0.1) is 0 Å². The van der Waals surface area contributed by atoms with Gasteiger partial charge in [-0.2, -0.15) is 0 Å². The molecule has 20 heavy (non-hydrogen) atoms. The average Bonchev–Trinajstić information content (AvgIpc) is 2.92. The Hall–Kier alpha value is -1.36. The number of carbonyl (C=O) groups is 1.